The van der Waals surface area contributed by atoms with Crippen LogP contribution in [0.4, 0.5) is 10.2 Å². The zero-order chi connectivity index (χ0) is 19.0. The number of nitrogens with two attached hydrogens (primary N) is 1. The van der Waals surface area contributed by atoms with E-state index in [-0.39, 0.29) is 27.9 Å². The van der Waals surface area contributed by atoms with Crippen molar-refractivity contribution in [2.24, 2.45) is 0 Å². The summed E-state index contributed by atoms with van der Waals surface area (Å²) in [6, 6.07) is 10.5. The number of aromatic amines is 1. The molecule has 0 aliphatic rings. The van der Waals surface area contributed by atoms with Crippen LogP contribution in [0.3, 0.4) is 0 Å². The molecule has 3 N–H and O–H groups in total. The number of aromatic nitrogens is 3. The summed E-state index contributed by atoms with van der Waals surface area (Å²) in [5.74, 6) is -0.272. The summed E-state index contributed by atoms with van der Waals surface area (Å²) in [6.07, 6.45) is 2.82. The molecule has 27 heavy (non-hydrogen) atoms. The first kappa shape index (κ1) is 17.0. The summed E-state index contributed by atoms with van der Waals surface area (Å²) in [6.45, 7) is 0. The number of rotatable bonds is 4. The molecule has 4 aromatic rings. The minimum Gasteiger partial charge on any atom is -0.454 e. The lowest BCUT2D eigenvalue weighted by molar-refractivity contribution is 0.104. The van der Waals surface area contributed by atoms with Gasteiger partial charge in [0.2, 0.25) is 0 Å². The van der Waals surface area contributed by atoms with Crippen LogP contribution in [-0.4, -0.2) is 20.7 Å². The lowest BCUT2D eigenvalue weighted by Crippen LogP contribution is -2.03. The fourth-order valence-electron chi connectivity index (χ4n) is 2.71. The minimum absolute atomic E-state index is 0.0641. The number of nitrogens with zero attached hydrogens (tertiary/aromatic N) is 2. The van der Waals surface area contributed by atoms with Crippen LogP contribution in [-0.2, 0) is 0 Å². The van der Waals surface area contributed by atoms with E-state index in [0.29, 0.717) is 22.3 Å². The maximum atomic E-state index is 13.7. The second kappa shape index (κ2) is 6.69. The molecule has 8 heteroatoms. The third-order valence-electron chi connectivity index (χ3n) is 3.99. The molecule has 2 aromatic heterocycles. The van der Waals surface area contributed by atoms with Gasteiger partial charge in [0.25, 0.3) is 0 Å². The first-order chi connectivity index (χ1) is 13.0. The third-order valence-corrected chi connectivity index (χ3v) is 4.31. The Morgan fingerprint density at radius 3 is 2.74 bits per heavy atom. The van der Waals surface area contributed by atoms with Crippen molar-refractivity contribution in [1.29, 1.82) is 0 Å². The van der Waals surface area contributed by atoms with Gasteiger partial charge in [0.05, 0.1) is 16.0 Å². The Morgan fingerprint density at radius 1 is 1.15 bits per heavy atom. The molecule has 0 aliphatic heterocycles. The largest absolute Gasteiger partial charge is 0.454 e. The molecular formula is C19H12ClFN4O2. The minimum atomic E-state index is -0.497. The first-order valence-electron chi connectivity index (χ1n) is 7.89. The molecular weight excluding hydrogens is 371 g/mol. The van der Waals surface area contributed by atoms with Gasteiger partial charge in [0, 0.05) is 17.8 Å². The van der Waals surface area contributed by atoms with Gasteiger partial charge >= 0.3 is 0 Å². The van der Waals surface area contributed by atoms with Crippen LogP contribution in [0.25, 0.3) is 11.0 Å². The highest BCUT2D eigenvalue weighted by Gasteiger charge is 2.20. The number of ketones is 1. The molecule has 6 nitrogen and oxygen atoms in total. The van der Waals surface area contributed by atoms with E-state index in [1.54, 1.807) is 18.2 Å². The molecule has 0 spiro atoms. The smallest absolute Gasteiger partial charge is 0.196 e. The molecule has 0 fully saturated rings. The van der Waals surface area contributed by atoms with Gasteiger partial charge in [0.1, 0.15) is 23.5 Å². The van der Waals surface area contributed by atoms with Crippen LogP contribution in [0, 0.1) is 5.82 Å². The van der Waals surface area contributed by atoms with E-state index in [2.05, 4.69) is 15.0 Å². The first-order valence-corrected chi connectivity index (χ1v) is 8.26. The summed E-state index contributed by atoms with van der Waals surface area (Å²) in [5, 5.41) is 0.601. The van der Waals surface area contributed by atoms with Crippen molar-refractivity contribution in [3.05, 3.63) is 77.0 Å². The molecule has 2 aromatic carbocycles. The molecule has 0 amide bonds. The average Bonchev–Trinajstić information content (AvgIpc) is 3.09. The number of hydrogen-bond acceptors (Lipinski definition) is 5. The molecule has 0 saturated carbocycles. The number of benzene rings is 2. The summed E-state index contributed by atoms with van der Waals surface area (Å²) in [5.41, 5.74) is 6.89. The molecule has 4 rings (SSSR count). The average molecular weight is 383 g/mol. The van der Waals surface area contributed by atoms with Crippen LogP contribution < -0.4 is 10.5 Å². The van der Waals surface area contributed by atoms with E-state index in [0.717, 1.165) is 0 Å². The van der Waals surface area contributed by atoms with Gasteiger partial charge in [0.15, 0.2) is 17.3 Å². The molecule has 0 saturated heterocycles. The Hall–Kier alpha value is -3.45. The summed E-state index contributed by atoms with van der Waals surface area (Å²) < 4.78 is 19.2. The number of nitrogens with one attached hydrogen (secondary N) is 1. The Labute approximate surface area is 157 Å². The standard InChI is InChI=1S/C19H12ClFN4O2/c20-13-7-10(27-15-4-2-1-3-14(15)21)5-6-11(13)17(26)12-8-23-19-16(12)18(22)24-9-25-19/h1-9H,(H3,22,23,24,25). The molecule has 0 aliphatic carbocycles. The van der Waals surface area contributed by atoms with Crippen molar-refractivity contribution in [2.45, 2.75) is 0 Å². The maximum Gasteiger partial charge on any atom is 0.196 e. The van der Waals surface area contributed by atoms with E-state index in [1.807, 2.05) is 0 Å². The monoisotopic (exact) mass is 382 g/mol. The van der Waals surface area contributed by atoms with Crippen LogP contribution in [0.2, 0.25) is 5.02 Å². The second-order valence-electron chi connectivity index (χ2n) is 5.69. The van der Waals surface area contributed by atoms with Gasteiger partial charge in [-0.15, -0.1) is 0 Å². The predicted molar refractivity (Wildman–Crippen MR) is 99.7 cm³/mol. The summed E-state index contributed by atoms with van der Waals surface area (Å²) in [7, 11) is 0. The Kier molecular flexibility index (Phi) is 4.21. The van der Waals surface area contributed by atoms with E-state index < -0.39 is 5.82 Å². The van der Waals surface area contributed by atoms with E-state index in [4.69, 9.17) is 22.1 Å². The lowest BCUT2D eigenvalue weighted by Gasteiger charge is -2.09. The second-order valence-corrected chi connectivity index (χ2v) is 6.10. The molecule has 0 bridgehead atoms. The van der Waals surface area contributed by atoms with Gasteiger partial charge in [-0.25, -0.2) is 14.4 Å². The Bertz CT molecular complexity index is 1180. The number of carbonyl (C=O) groups excluding carboxylic acids is 1. The van der Waals surface area contributed by atoms with Crippen LogP contribution in [0.1, 0.15) is 15.9 Å². The van der Waals surface area contributed by atoms with E-state index >= 15 is 0 Å². The SMILES string of the molecule is Nc1ncnc2[nH]cc(C(=O)c3ccc(Oc4ccccc4F)cc3Cl)c12. The Morgan fingerprint density at radius 2 is 1.96 bits per heavy atom. The third kappa shape index (κ3) is 3.09. The topological polar surface area (TPSA) is 93.9 Å². The predicted octanol–water partition coefficient (Wildman–Crippen LogP) is 4.36. The van der Waals surface area contributed by atoms with Gasteiger partial charge in [-0.3, -0.25) is 4.79 Å². The van der Waals surface area contributed by atoms with Crippen molar-refractivity contribution >= 4 is 34.2 Å². The number of H-pyrrole nitrogens is 1. The van der Waals surface area contributed by atoms with Gasteiger partial charge in [-0.2, -0.15) is 0 Å². The number of fused-ring (bicyclic) bond motifs is 1. The number of halogens is 2. The number of nitrogen functional groups attached to an aromatic ring is 1. The highest BCUT2D eigenvalue weighted by Crippen LogP contribution is 2.31. The molecule has 2 heterocycles. The van der Waals surface area contributed by atoms with Crippen LogP contribution in [0.5, 0.6) is 11.5 Å². The molecule has 0 atom stereocenters. The van der Waals surface area contributed by atoms with Crippen LogP contribution in [0.15, 0.2) is 55.0 Å². The molecule has 0 unspecified atom stereocenters. The number of para-hydroxylation sites is 1. The molecule has 0 radical (unpaired) electrons. The summed E-state index contributed by atoms with van der Waals surface area (Å²) in [4.78, 5) is 23.7. The summed E-state index contributed by atoms with van der Waals surface area (Å²) >= 11 is 6.27. The van der Waals surface area contributed by atoms with E-state index in [9.17, 15) is 9.18 Å². The number of anilines is 1. The highest BCUT2D eigenvalue weighted by atomic mass is 35.5. The van der Waals surface area contributed by atoms with Crippen molar-refractivity contribution in [2.75, 3.05) is 5.73 Å². The number of hydrogen-bond donors (Lipinski definition) is 2. The van der Waals surface area contributed by atoms with Gasteiger partial charge < -0.3 is 15.5 Å². The van der Waals surface area contributed by atoms with Crippen LogP contribution >= 0.6 is 11.6 Å². The fraction of sp³-hybridized carbons (Fsp3) is 0. The quantitative estimate of drug-likeness (QED) is 0.511. The van der Waals surface area contributed by atoms with E-state index in [1.165, 1.54) is 36.8 Å². The van der Waals surface area contributed by atoms with Gasteiger partial charge in [-0.1, -0.05) is 23.7 Å². The number of ether oxygens (including phenoxy) is 1. The lowest BCUT2D eigenvalue weighted by atomic mass is 10.0. The maximum absolute atomic E-state index is 13.7. The normalized spacial score (nSPS) is 10.9. The Balaban J connectivity index is 1.68. The van der Waals surface area contributed by atoms with Crippen molar-refractivity contribution in [1.82, 2.24) is 15.0 Å². The zero-order valence-corrected chi connectivity index (χ0v) is 14.5. The fourth-order valence-corrected chi connectivity index (χ4v) is 2.97. The number of carbonyl (C=O) groups is 1. The highest BCUT2D eigenvalue weighted by molar-refractivity contribution is 6.35. The van der Waals surface area contributed by atoms with Crippen molar-refractivity contribution in [3.8, 4) is 11.5 Å². The zero-order valence-electron chi connectivity index (χ0n) is 13.7. The van der Waals surface area contributed by atoms with Crippen molar-refractivity contribution < 1.29 is 13.9 Å². The molecule has 134 valence electrons. The van der Waals surface area contributed by atoms with Gasteiger partial charge in [-0.05, 0) is 24.3 Å². The van der Waals surface area contributed by atoms with Crippen molar-refractivity contribution in [3.63, 3.8) is 0 Å².